The molecule has 0 heterocycles. The van der Waals surface area contributed by atoms with Crippen LogP contribution in [0.2, 0.25) is 0 Å². The van der Waals surface area contributed by atoms with Crippen LogP contribution in [0.15, 0.2) is 0 Å². The van der Waals surface area contributed by atoms with Gasteiger partial charge in [-0.2, -0.15) is 5.48 Å². The lowest BCUT2D eigenvalue weighted by Crippen LogP contribution is -2.32. The van der Waals surface area contributed by atoms with Gasteiger partial charge in [0.25, 0.3) is 0 Å². The van der Waals surface area contributed by atoms with Crippen molar-refractivity contribution in [1.29, 1.82) is 0 Å². The van der Waals surface area contributed by atoms with Gasteiger partial charge in [-0.15, -0.1) is 25.3 Å². The van der Waals surface area contributed by atoms with E-state index in [-0.39, 0.29) is 6.42 Å². The summed E-state index contributed by atoms with van der Waals surface area (Å²) in [4.78, 5) is 20.6. The van der Waals surface area contributed by atoms with Gasteiger partial charge in [0.05, 0.1) is 0 Å². The van der Waals surface area contributed by atoms with E-state index in [0.717, 1.165) is 0 Å². The van der Waals surface area contributed by atoms with Crippen LogP contribution in [-0.2, 0) is 9.59 Å². The standard InChI is InChI=1S/C4H7NO3S2/c6-3(9)1-2(5-8)4(7)10/h2,5,8H,1H2,(H,6,9)(H,7,10)/t2-/m0/s1. The predicted molar refractivity (Wildman–Crippen MR) is 41.3 cm³/mol. The number of hydrogen-bond acceptors (Lipinski definition) is 4. The summed E-state index contributed by atoms with van der Waals surface area (Å²) < 4.78 is 0. The molecule has 0 aromatic carbocycles. The van der Waals surface area contributed by atoms with Crippen molar-refractivity contribution in [2.75, 3.05) is 0 Å². The molecule has 0 saturated carbocycles. The molecule has 0 rings (SSSR count). The third kappa shape index (κ3) is 3.89. The fraction of sp³-hybridized carbons (Fsp3) is 0.500. The normalized spacial score (nSPS) is 12.7. The largest absolute Gasteiger partial charge is 0.316 e. The van der Waals surface area contributed by atoms with E-state index >= 15 is 0 Å². The van der Waals surface area contributed by atoms with Crippen LogP contribution >= 0.6 is 25.3 Å². The Morgan fingerprint density at radius 2 is 2.00 bits per heavy atom. The van der Waals surface area contributed by atoms with Gasteiger partial charge in [-0.05, 0) is 0 Å². The van der Waals surface area contributed by atoms with Crippen molar-refractivity contribution >= 4 is 35.5 Å². The van der Waals surface area contributed by atoms with Gasteiger partial charge in [0.2, 0.25) is 5.12 Å². The summed E-state index contributed by atoms with van der Waals surface area (Å²) in [6.07, 6.45) is -0.165. The molecule has 0 saturated heterocycles. The summed E-state index contributed by atoms with van der Waals surface area (Å²) in [5.74, 6) is 0. The Kier molecular flexibility index (Phi) is 4.71. The zero-order valence-corrected chi connectivity index (χ0v) is 6.73. The van der Waals surface area contributed by atoms with Gasteiger partial charge in [0, 0.05) is 6.42 Å². The van der Waals surface area contributed by atoms with Crippen molar-refractivity contribution in [3.05, 3.63) is 0 Å². The first-order valence-electron chi connectivity index (χ1n) is 2.42. The summed E-state index contributed by atoms with van der Waals surface area (Å²) in [6.45, 7) is 0. The minimum atomic E-state index is -0.951. The number of thiol groups is 2. The second kappa shape index (κ2) is 4.73. The highest BCUT2D eigenvalue weighted by Gasteiger charge is 2.15. The number of carbonyl (C=O) groups excluding carboxylic acids is 2. The number of hydroxylamine groups is 1. The molecule has 6 heteroatoms. The molecule has 1 atom stereocenters. The van der Waals surface area contributed by atoms with E-state index in [1.165, 1.54) is 0 Å². The number of rotatable bonds is 4. The Morgan fingerprint density at radius 1 is 1.50 bits per heavy atom. The molecule has 0 spiro atoms. The molecule has 0 amide bonds. The first kappa shape index (κ1) is 9.96. The van der Waals surface area contributed by atoms with Crippen molar-refractivity contribution in [3.8, 4) is 0 Å². The fourth-order valence-electron chi connectivity index (χ4n) is 0.363. The molecule has 0 aliphatic heterocycles. The van der Waals surface area contributed by atoms with Crippen LogP contribution < -0.4 is 5.48 Å². The number of nitrogens with one attached hydrogen (secondary N) is 1. The van der Waals surface area contributed by atoms with Gasteiger partial charge in [-0.1, -0.05) is 0 Å². The monoisotopic (exact) mass is 181 g/mol. The van der Waals surface area contributed by atoms with Gasteiger partial charge in [0.1, 0.15) is 6.04 Å². The predicted octanol–water partition coefficient (Wildman–Crippen LogP) is -0.363. The van der Waals surface area contributed by atoms with Crippen LogP contribution in [0.5, 0.6) is 0 Å². The molecule has 0 aromatic rings. The fourth-order valence-corrected chi connectivity index (χ4v) is 0.694. The van der Waals surface area contributed by atoms with Crippen LogP contribution in [0.25, 0.3) is 0 Å². The van der Waals surface area contributed by atoms with Gasteiger partial charge >= 0.3 is 0 Å². The van der Waals surface area contributed by atoms with Gasteiger partial charge in [-0.25, -0.2) is 0 Å². The van der Waals surface area contributed by atoms with Crippen molar-refractivity contribution in [2.24, 2.45) is 0 Å². The van der Waals surface area contributed by atoms with Crippen molar-refractivity contribution in [1.82, 2.24) is 5.48 Å². The quantitative estimate of drug-likeness (QED) is 0.353. The third-order valence-electron chi connectivity index (χ3n) is 0.833. The SMILES string of the molecule is O=C(S)C[C@H](NO)C(=O)S. The minimum Gasteiger partial charge on any atom is -0.316 e. The van der Waals surface area contributed by atoms with E-state index in [0.29, 0.717) is 0 Å². The molecule has 0 aliphatic rings. The van der Waals surface area contributed by atoms with Gasteiger partial charge < -0.3 is 5.21 Å². The number of hydrogen-bond donors (Lipinski definition) is 4. The maximum atomic E-state index is 10.4. The summed E-state index contributed by atoms with van der Waals surface area (Å²) >= 11 is 6.81. The molecular formula is C4H7NO3S2. The number of carbonyl (C=O) groups is 2. The van der Waals surface area contributed by atoms with E-state index in [2.05, 4.69) is 25.3 Å². The second-order valence-electron chi connectivity index (χ2n) is 1.62. The Balaban J connectivity index is 3.83. The highest BCUT2D eigenvalue weighted by molar-refractivity contribution is 7.97. The molecule has 58 valence electrons. The van der Waals surface area contributed by atoms with Crippen LogP contribution in [0.3, 0.4) is 0 Å². The minimum absolute atomic E-state index is 0.165. The highest BCUT2D eigenvalue weighted by Crippen LogP contribution is 1.98. The summed E-state index contributed by atoms with van der Waals surface area (Å²) in [7, 11) is 0. The molecule has 0 bridgehead atoms. The molecule has 10 heavy (non-hydrogen) atoms. The van der Waals surface area contributed by atoms with E-state index in [9.17, 15) is 9.59 Å². The topological polar surface area (TPSA) is 66.4 Å². The molecular weight excluding hydrogens is 174 g/mol. The van der Waals surface area contributed by atoms with Gasteiger partial charge in [-0.3, -0.25) is 9.59 Å². The average Bonchev–Trinajstić information content (AvgIpc) is 1.81. The molecule has 0 aliphatic carbocycles. The molecule has 2 N–H and O–H groups in total. The summed E-state index contributed by atoms with van der Waals surface area (Å²) in [5.41, 5.74) is 1.64. The zero-order valence-electron chi connectivity index (χ0n) is 4.94. The highest BCUT2D eigenvalue weighted by atomic mass is 32.1. The first-order chi connectivity index (χ1) is 4.57. The van der Waals surface area contributed by atoms with E-state index in [1.54, 1.807) is 5.48 Å². The molecule has 0 fully saturated rings. The second-order valence-corrected chi connectivity index (χ2v) is 2.56. The Labute approximate surface area is 68.8 Å². The van der Waals surface area contributed by atoms with Gasteiger partial charge in [0.15, 0.2) is 5.12 Å². The maximum absolute atomic E-state index is 10.4. The molecule has 0 aromatic heterocycles. The van der Waals surface area contributed by atoms with Crippen LogP contribution in [0.1, 0.15) is 6.42 Å². The van der Waals surface area contributed by atoms with E-state index in [1.807, 2.05) is 0 Å². The van der Waals surface area contributed by atoms with Crippen LogP contribution in [0, 0.1) is 0 Å². The smallest absolute Gasteiger partial charge is 0.205 e. The van der Waals surface area contributed by atoms with Crippen molar-refractivity contribution in [3.63, 3.8) is 0 Å². The summed E-state index contributed by atoms with van der Waals surface area (Å²) in [5, 5.41) is 7.17. The molecule has 0 radical (unpaired) electrons. The van der Waals surface area contributed by atoms with Crippen LogP contribution in [0.4, 0.5) is 0 Å². The lowest BCUT2D eigenvalue weighted by molar-refractivity contribution is -0.119. The van der Waals surface area contributed by atoms with E-state index < -0.39 is 16.3 Å². The molecule has 4 nitrogen and oxygen atoms in total. The lowest BCUT2D eigenvalue weighted by atomic mass is 10.2. The first-order valence-corrected chi connectivity index (χ1v) is 3.31. The maximum Gasteiger partial charge on any atom is 0.205 e. The Bertz CT molecular complexity index is 149. The van der Waals surface area contributed by atoms with Crippen molar-refractivity contribution in [2.45, 2.75) is 12.5 Å². The Hall–Kier alpha value is -0.0400. The van der Waals surface area contributed by atoms with Crippen LogP contribution in [-0.4, -0.2) is 21.5 Å². The average molecular weight is 181 g/mol. The third-order valence-corrected chi connectivity index (χ3v) is 1.33. The lowest BCUT2D eigenvalue weighted by Gasteiger charge is -2.06. The summed E-state index contributed by atoms with van der Waals surface area (Å²) in [6, 6.07) is -0.951. The Morgan fingerprint density at radius 3 is 2.10 bits per heavy atom. The van der Waals surface area contributed by atoms with Crippen molar-refractivity contribution < 1.29 is 14.8 Å². The van der Waals surface area contributed by atoms with E-state index in [4.69, 9.17) is 5.21 Å². The molecule has 0 unspecified atom stereocenters. The zero-order chi connectivity index (χ0) is 8.15.